The molecule has 1 saturated heterocycles. The van der Waals surface area contributed by atoms with Crippen LogP contribution in [0.15, 0.2) is 67.0 Å². The number of carbonyl (C=O) groups is 1. The van der Waals surface area contributed by atoms with E-state index in [2.05, 4.69) is 10.3 Å². The van der Waals surface area contributed by atoms with Crippen LogP contribution in [0.2, 0.25) is 0 Å². The molecule has 2 atom stereocenters. The van der Waals surface area contributed by atoms with Crippen LogP contribution in [0.25, 0.3) is 5.69 Å². The van der Waals surface area contributed by atoms with Crippen molar-refractivity contribution in [2.45, 2.75) is 19.0 Å². The first-order chi connectivity index (χ1) is 15.5. The minimum atomic E-state index is -0.428. The standard InChI is InChI=1S/C22H21N5O4S/c1-2-31-19(28)14-26-21(20(24-22(26)32)17-9-3-4-11-23-17)18-10-6-12-25(18)15-7-5-8-16(13-15)27(29)30/h3-13,20-21H,2,14H2,1H3,(H,24,32). The number of esters is 1. The fourth-order valence-electron chi connectivity index (χ4n) is 3.87. The number of hydrogen-bond acceptors (Lipinski definition) is 6. The number of nitro groups is 1. The zero-order valence-corrected chi connectivity index (χ0v) is 18.1. The highest BCUT2D eigenvalue weighted by atomic mass is 32.1. The summed E-state index contributed by atoms with van der Waals surface area (Å²) in [6.45, 7) is 1.99. The molecule has 4 rings (SSSR count). The predicted molar refractivity (Wildman–Crippen MR) is 121 cm³/mol. The van der Waals surface area contributed by atoms with Gasteiger partial charge < -0.3 is 19.5 Å². The Bertz CT molecular complexity index is 1150. The van der Waals surface area contributed by atoms with E-state index in [1.807, 2.05) is 41.1 Å². The number of nitrogens with one attached hydrogen (secondary N) is 1. The second-order valence-electron chi connectivity index (χ2n) is 7.14. The van der Waals surface area contributed by atoms with Gasteiger partial charge in [0.25, 0.3) is 5.69 Å². The summed E-state index contributed by atoms with van der Waals surface area (Å²) >= 11 is 5.57. The molecule has 0 spiro atoms. The fourth-order valence-corrected chi connectivity index (χ4v) is 4.17. The molecule has 0 saturated carbocycles. The quantitative estimate of drug-likeness (QED) is 0.253. The maximum Gasteiger partial charge on any atom is 0.325 e. The van der Waals surface area contributed by atoms with Gasteiger partial charge >= 0.3 is 5.97 Å². The molecule has 164 valence electrons. The van der Waals surface area contributed by atoms with E-state index in [9.17, 15) is 14.9 Å². The van der Waals surface area contributed by atoms with Crippen LogP contribution in [0.5, 0.6) is 0 Å². The molecule has 32 heavy (non-hydrogen) atoms. The number of benzene rings is 1. The van der Waals surface area contributed by atoms with E-state index in [1.165, 1.54) is 12.1 Å². The minimum Gasteiger partial charge on any atom is -0.465 e. The van der Waals surface area contributed by atoms with Gasteiger partial charge in [-0.2, -0.15) is 0 Å². The lowest BCUT2D eigenvalue weighted by Crippen LogP contribution is -2.36. The number of pyridine rings is 1. The highest BCUT2D eigenvalue weighted by Gasteiger charge is 2.42. The molecular formula is C22H21N5O4S. The summed E-state index contributed by atoms with van der Waals surface area (Å²) in [5.41, 5.74) is 2.19. The average Bonchev–Trinajstić information content (AvgIpc) is 3.39. The van der Waals surface area contributed by atoms with Gasteiger partial charge in [0, 0.05) is 30.2 Å². The Morgan fingerprint density at radius 2 is 2.09 bits per heavy atom. The molecule has 0 amide bonds. The molecule has 3 heterocycles. The largest absolute Gasteiger partial charge is 0.465 e. The lowest BCUT2D eigenvalue weighted by Gasteiger charge is -2.28. The molecule has 1 fully saturated rings. The Morgan fingerprint density at radius 3 is 2.81 bits per heavy atom. The number of hydrogen-bond donors (Lipinski definition) is 1. The summed E-state index contributed by atoms with van der Waals surface area (Å²) in [4.78, 5) is 29.4. The lowest BCUT2D eigenvalue weighted by atomic mass is 10.0. The molecular weight excluding hydrogens is 430 g/mol. The molecule has 10 heteroatoms. The van der Waals surface area contributed by atoms with Crippen LogP contribution >= 0.6 is 12.2 Å². The van der Waals surface area contributed by atoms with Gasteiger partial charge in [-0.1, -0.05) is 12.1 Å². The second-order valence-corrected chi connectivity index (χ2v) is 7.53. The van der Waals surface area contributed by atoms with Crippen LogP contribution in [-0.4, -0.2) is 43.6 Å². The smallest absolute Gasteiger partial charge is 0.325 e. The molecule has 1 N–H and O–H groups in total. The first-order valence-corrected chi connectivity index (χ1v) is 10.5. The number of nitrogens with zero attached hydrogens (tertiary/aromatic N) is 4. The van der Waals surface area contributed by atoms with Crippen LogP contribution in [0, 0.1) is 10.1 Å². The topological polar surface area (TPSA) is 103 Å². The third-order valence-electron chi connectivity index (χ3n) is 5.20. The highest BCUT2D eigenvalue weighted by molar-refractivity contribution is 7.80. The van der Waals surface area contributed by atoms with Crippen LogP contribution in [-0.2, 0) is 9.53 Å². The van der Waals surface area contributed by atoms with Gasteiger partial charge in [0.05, 0.1) is 35.0 Å². The molecule has 3 aromatic rings. The SMILES string of the molecule is CCOC(=O)CN1C(=S)NC(c2ccccn2)C1c1cccn1-c1cccc([N+](=O)[O-])c1. The molecule has 0 aliphatic carbocycles. The van der Waals surface area contributed by atoms with Crippen molar-refractivity contribution in [3.8, 4) is 5.69 Å². The van der Waals surface area contributed by atoms with E-state index in [0.29, 0.717) is 10.8 Å². The van der Waals surface area contributed by atoms with Gasteiger partial charge in [0.15, 0.2) is 5.11 Å². The number of carbonyl (C=O) groups excluding carboxylic acids is 1. The zero-order valence-electron chi connectivity index (χ0n) is 17.2. The maximum absolute atomic E-state index is 12.3. The Balaban J connectivity index is 1.79. The van der Waals surface area contributed by atoms with E-state index < -0.39 is 16.9 Å². The summed E-state index contributed by atoms with van der Waals surface area (Å²) in [6, 6.07) is 15.0. The summed E-state index contributed by atoms with van der Waals surface area (Å²) < 4.78 is 7.01. The van der Waals surface area contributed by atoms with Crippen LogP contribution < -0.4 is 5.32 Å². The number of ether oxygens (including phenoxy) is 1. The zero-order chi connectivity index (χ0) is 22.7. The van der Waals surface area contributed by atoms with E-state index in [4.69, 9.17) is 17.0 Å². The predicted octanol–water partition coefficient (Wildman–Crippen LogP) is 3.32. The molecule has 1 aliphatic heterocycles. The van der Waals surface area contributed by atoms with Gasteiger partial charge in [0.2, 0.25) is 0 Å². The van der Waals surface area contributed by atoms with Gasteiger partial charge in [-0.15, -0.1) is 0 Å². The molecule has 1 aliphatic rings. The summed E-state index contributed by atoms with van der Waals surface area (Å²) in [5, 5.41) is 15.0. The van der Waals surface area contributed by atoms with E-state index >= 15 is 0 Å². The number of thiocarbonyl (C=S) groups is 1. The van der Waals surface area contributed by atoms with Crippen LogP contribution in [0.1, 0.15) is 30.4 Å². The number of non-ortho nitro benzene ring substituents is 1. The van der Waals surface area contributed by atoms with Crippen LogP contribution in [0.3, 0.4) is 0 Å². The Kier molecular flexibility index (Phi) is 6.13. The second kappa shape index (κ2) is 9.15. The Hall–Kier alpha value is -3.79. The van der Waals surface area contributed by atoms with Gasteiger partial charge in [0.1, 0.15) is 6.54 Å². The monoisotopic (exact) mass is 451 g/mol. The van der Waals surface area contributed by atoms with Crippen molar-refractivity contribution in [3.05, 3.63) is 88.5 Å². The van der Waals surface area contributed by atoms with Crippen LogP contribution in [0.4, 0.5) is 5.69 Å². The first-order valence-electron chi connectivity index (χ1n) is 10.1. The first kappa shape index (κ1) is 21.4. The highest BCUT2D eigenvalue weighted by Crippen LogP contribution is 2.39. The third kappa shape index (κ3) is 4.17. The van der Waals surface area contributed by atoms with Crippen molar-refractivity contribution >= 4 is 29.0 Å². The Labute approximate surface area is 189 Å². The van der Waals surface area contributed by atoms with Gasteiger partial charge in [-0.25, -0.2) is 0 Å². The average molecular weight is 452 g/mol. The number of nitro benzene ring substituents is 1. The summed E-state index contributed by atoms with van der Waals surface area (Å²) in [7, 11) is 0. The normalized spacial score (nSPS) is 17.8. The molecule has 9 nitrogen and oxygen atoms in total. The van der Waals surface area contributed by atoms with Crippen molar-refractivity contribution in [1.29, 1.82) is 0 Å². The van der Waals surface area contributed by atoms with E-state index in [-0.39, 0.29) is 24.9 Å². The number of aromatic nitrogens is 2. The van der Waals surface area contributed by atoms with Crippen molar-refractivity contribution in [2.24, 2.45) is 0 Å². The molecule has 2 unspecified atom stereocenters. The van der Waals surface area contributed by atoms with Gasteiger partial charge in [-0.3, -0.25) is 19.9 Å². The van der Waals surface area contributed by atoms with Crippen molar-refractivity contribution < 1.29 is 14.5 Å². The summed E-state index contributed by atoms with van der Waals surface area (Å²) in [5.74, 6) is -0.392. The third-order valence-corrected chi connectivity index (χ3v) is 5.56. The summed E-state index contributed by atoms with van der Waals surface area (Å²) in [6.07, 6.45) is 3.53. The van der Waals surface area contributed by atoms with Gasteiger partial charge in [-0.05, 0) is 49.5 Å². The molecule has 2 aromatic heterocycles. The van der Waals surface area contributed by atoms with Crippen molar-refractivity contribution in [2.75, 3.05) is 13.2 Å². The fraction of sp³-hybridized carbons (Fsp3) is 0.227. The number of rotatable bonds is 7. The van der Waals surface area contributed by atoms with Crippen molar-refractivity contribution in [1.82, 2.24) is 19.8 Å². The van der Waals surface area contributed by atoms with Crippen molar-refractivity contribution in [3.63, 3.8) is 0 Å². The lowest BCUT2D eigenvalue weighted by molar-refractivity contribution is -0.384. The van der Waals surface area contributed by atoms with E-state index in [1.54, 1.807) is 30.2 Å². The Morgan fingerprint density at radius 1 is 1.25 bits per heavy atom. The van der Waals surface area contributed by atoms with E-state index in [0.717, 1.165) is 11.4 Å². The molecule has 0 radical (unpaired) electrons. The maximum atomic E-state index is 12.3. The molecule has 0 bridgehead atoms. The molecule has 1 aromatic carbocycles. The minimum absolute atomic E-state index is 0.00752.